The standard InChI is InChI=1S/C16H17F3N4O2/c1-9(15(14(20)24)5-2-3-6-15)13-22-12(23-25-13)10-4-7-21-11(8-10)16(17,18)19/h4,7-9H,2-3,5-6H2,1H3,(H2,20,24)/t9-/m1/s1. The zero-order valence-corrected chi connectivity index (χ0v) is 13.5. The smallest absolute Gasteiger partial charge is 0.369 e. The Morgan fingerprint density at radius 1 is 1.36 bits per heavy atom. The highest BCUT2D eigenvalue weighted by Crippen LogP contribution is 2.48. The van der Waals surface area contributed by atoms with Crippen LogP contribution in [0, 0.1) is 5.41 Å². The fourth-order valence-corrected chi connectivity index (χ4v) is 3.39. The Kier molecular flexibility index (Phi) is 4.26. The molecule has 2 aromatic rings. The van der Waals surface area contributed by atoms with Crippen LogP contribution < -0.4 is 5.73 Å². The van der Waals surface area contributed by atoms with Gasteiger partial charge in [0.1, 0.15) is 5.69 Å². The number of nitrogens with zero attached hydrogens (tertiary/aromatic N) is 3. The largest absolute Gasteiger partial charge is 0.433 e. The fourth-order valence-electron chi connectivity index (χ4n) is 3.39. The number of pyridine rings is 1. The van der Waals surface area contributed by atoms with Gasteiger partial charge in [-0.2, -0.15) is 18.2 Å². The Labute approximate surface area is 141 Å². The Bertz CT molecular complexity index is 782. The first-order valence-corrected chi connectivity index (χ1v) is 7.91. The maximum atomic E-state index is 12.8. The van der Waals surface area contributed by atoms with Crippen LogP contribution in [0.1, 0.15) is 50.1 Å². The Balaban J connectivity index is 1.91. The van der Waals surface area contributed by atoms with Crippen LogP contribution in [-0.2, 0) is 11.0 Å². The minimum Gasteiger partial charge on any atom is -0.369 e. The highest BCUT2D eigenvalue weighted by molar-refractivity contribution is 5.82. The van der Waals surface area contributed by atoms with Crippen molar-refractivity contribution < 1.29 is 22.5 Å². The Morgan fingerprint density at radius 2 is 2.04 bits per heavy atom. The molecule has 134 valence electrons. The van der Waals surface area contributed by atoms with E-state index < -0.39 is 29.1 Å². The van der Waals surface area contributed by atoms with E-state index in [1.807, 2.05) is 0 Å². The SMILES string of the molecule is C[C@H](c1nc(-c2ccnc(C(F)(F)F)c2)no1)C1(C(N)=O)CCCC1. The van der Waals surface area contributed by atoms with Crippen LogP contribution in [0.3, 0.4) is 0 Å². The van der Waals surface area contributed by atoms with Gasteiger partial charge in [-0.3, -0.25) is 9.78 Å². The summed E-state index contributed by atoms with van der Waals surface area (Å²) in [6.45, 7) is 1.78. The van der Waals surface area contributed by atoms with Crippen molar-refractivity contribution in [1.82, 2.24) is 15.1 Å². The third-order valence-electron chi connectivity index (χ3n) is 4.94. The van der Waals surface area contributed by atoms with Gasteiger partial charge in [0.05, 0.1) is 11.3 Å². The van der Waals surface area contributed by atoms with E-state index in [1.165, 1.54) is 6.07 Å². The summed E-state index contributed by atoms with van der Waals surface area (Å²) in [5.41, 5.74) is 3.95. The molecule has 1 saturated carbocycles. The molecule has 0 unspecified atom stereocenters. The zero-order valence-electron chi connectivity index (χ0n) is 13.5. The molecule has 25 heavy (non-hydrogen) atoms. The molecule has 0 bridgehead atoms. The number of carbonyl (C=O) groups is 1. The number of hydrogen-bond acceptors (Lipinski definition) is 5. The number of rotatable bonds is 4. The average Bonchev–Trinajstić information content (AvgIpc) is 3.24. The summed E-state index contributed by atoms with van der Waals surface area (Å²) in [5, 5.41) is 3.76. The Hall–Kier alpha value is -2.45. The van der Waals surface area contributed by atoms with E-state index in [0.29, 0.717) is 12.8 Å². The lowest BCUT2D eigenvalue weighted by atomic mass is 9.74. The molecule has 1 amide bonds. The molecular formula is C16H17F3N4O2. The molecule has 2 N–H and O–H groups in total. The molecular weight excluding hydrogens is 337 g/mol. The average molecular weight is 354 g/mol. The maximum Gasteiger partial charge on any atom is 0.433 e. The van der Waals surface area contributed by atoms with Gasteiger partial charge in [-0.05, 0) is 25.0 Å². The predicted octanol–water partition coefficient (Wildman–Crippen LogP) is 3.30. The number of hydrogen-bond donors (Lipinski definition) is 1. The van der Waals surface area contributed by atoms with Crippen molar-refractivity contribution in [3.8, 4) is 11.4 Å². The van der Waals surface area contributed by atoms with Crippen LogP contribution in [-0.4, -0.2) is 21.0 Å². The van der Waals surface area contributed by atoms with Gasteiger partial charge in [0.15, 0.2) is 0 Å². The minimum absolute atomic E-state index is 0.0207. The molecule has 1 fully saturated rings. The molecule has 0 saturated heterocycles. The van der Waals surface area contributed by atoms with Crippen molar-refractivity contribution in [2.45, 2.75) is 44.7 Å². The molecule has 0 aliphatic heterocycles. The molecule has 2 heterocycles. The van der Waals surface area contributed by atoms with Crippen molar-refractivity contribution in [1.29, 1.82) is 0 Å². The molecule has 9 heteroatoms. The second-order valence-corrected chi connectivity index (χ2v) is 6.33. The normalized spacial score (nSPS) is 18.2. The van der Waals surface area contributed by atoms with E-state index in [2.05, 4.69) is 15.1 Å². The molecule has 1 aliphatic rings. The quantitative estimate of drug-likeness (QED) is 0.909. The molecule has 2 aromatic heterocycles. The van der Waals surface area contributed by atoms with Gasteiger partial charge in [-0.25, -0.2) is 0 Å². The van der Waals surface area contributed by atoms with Gasteiger partial charge in [0.2, 0.25) is 17.6 Å². The second-order valence-electron chi connectivity index (χ2n) is 6.33. The Morgan fingerprint density at radius 3 is 2.64 bits per heavy atom. The van der Waals surface area contributed by atoms with E-state index in [1.54, 1.807) is 6.92 Å². The summed E-state index contributed by atoms with van der Waals surface area (Å²) in [7, 11) is 0. The van der Waals surface area contributed by atoms with Crippen LogP contribution in [0.25, 0.3) is 11.4 Å². The lowest BCUT2D eigenvalue weighted by Crippen LogP contribution is -2.39. The summed E-state index contributed by atoms with van der Waals surface area (Å²) < 4.78 is 43.6. The van der Waals surface area contributed by atoms with Crippen LogP contribution in [0.15, 0.2) is 22.9 Å². The molecule has 1 atom stereocenters. The molecule has 3 rings (SSSR count). The van der Waals surface area contributed by atoms with Crippen molar-refractivity contribution in [2.24, 2.45) is 11.1 Å². The highest BCUT2D eigenvalue weighted by atomic mass is 19.4. The van der Waals surface area contributed by atoms with Gasteiger partial charge < -0.3 is 10.3 Å². The van der Waals surface area contributed by atoms with Crippen molar-refractivity contribution in [2.75, 3.05) is 0 Å². The summed E-state index contributed by atoms with van der Waals surface area (Å²) >= 11 is 0. The first-order chi connectivity index (χ1) is 11.7. The van der Waals surface area contributed by atoms with Crippen molar-refractivity contribution in [3.05, 3.63) is 29.9 Å². The van der Waals surface area contributed by atoms with E-state index in [9.17, 15) is 18.0 Å². The first kappa shape index (κ1) is 17.4. The van der Waals surface area contributed by atoms with Crippen LogP contribution in [0.2, 0.25) is 0 Å². The number of alkyl halides is 3. The summed E-state index contributed by atoms with van der Waals surface area (Å²) in [5.74, 6) is -0.605. The summed E-state index contributed by atoms with van der Waals surface area (Å²) in [4.78, 5) is 19.5. The molecule has 0 spiro atoms. The molecule has 0 radical (unpaired) electrons. The van der Waals surface area contributed by atoms with E-state index in [-0.39, 0.29) is 17.3 Å². The topological polar surface area (TPSA) is 94.9 Å². The fraction of sp³-hybridized carbons (Fsp3) is 0.500. The molecule has 0 aromatic carbocycles. The number of halogens is 3. The first-order valence-electron chi connectivity index (χ1n) is 7.91. The minimum atomic E-state index is -4.56. The summed E-state index contributed by atoms with van der Waals surface area (Å²) in [6.07, 6.45) is -0.486. The third-order valence-corrected chi connectivity index (χ3v) is 4.94. The molecule has 6 nitrogen and oxygen atoms in total. The van der Waals surface area contributed by atoms with E-state index in [4.69, 9.17) is 10.3 Å². The van der Waals surface area contributed by atoms with Gasteiger partial charge >= 0.3 is 6.18 Å². The third kappa shape index (κ3) is 3.10. The highest BCUT2D eigenvalue weighted by Gasteiger charge is 2.47. The number of amides is 1. The zero-order chi connectivity index (χ0) is 18.2. The number of carbonyl (C=O) groups excluding carboxylic acids is 1. The number of aromatic nitrogens is 3. The van der Waals surface area contributed by atoms with Crippen LogP contribution in [0.5, 0.6) is 0 Å². The van der Waals surface area contributed by atoms with E-state index >= 15 is 0 Å². The van der Waals surface area contributed by atoms with E-state index in [0.717, 1.165) is 25.1 Å². The number of nitrogens with two attached hydrogens (primary N) is 1. The summed E-state index contributed by atoms with van der Waals surface area (Å²) in [6, 6.07) is 2.23. The second kappa shape index (κ2) is 6.12. The number of primary amides is 1. The lowest BCUT2D eigenvalue weighted by Gasteiger charge is -2.29. The van der Waals surface area contributed by atoms with Gasteiger partial charge in [0, 0.05) is 11.8 Å². The maximum absolute atomic E-state index is 12.8. The van der Waals surface area contributed by atoms with Gasteiger partial charge in [-0.15, -0.1) is 0 Å². The predicted molar refractivity (Wildman–Crippen MR) is 81.0 cm³/mol. The van der Waals surface area contributed by atoms with Crippen molar-refractivity contribution >= 4 is 5.91 Å². The molecule has 1 aliphatic carbocycles. The van der Waals surface area contributed by atoms with Crippen LogP contribution >= 0.6 is 0 Å². The van der Waals surface area contributed by atoms with Gasteiger partial charge in [0.25, 0.3) is 0 Å². The van der Waals surface area contributed by atoms with Crippen molar-refractivity contribution in [3.63, 3.8) is 0 Å². The lowest BCUT2D eigenvalue weighted by molar-refractivity contribution is -0.141. The van der Waals surface area contributed by atoms with Crippen LogP contribution in [0.4, 0.5) is 13.2 Å². The van der Waals surface area contributed by atoms with Gasteiger partial charge in [-0.1, -0.05) is 24.9 Å². The monoisotopic (exact) mass is 354 g/mol.